The molecule has 0 aliphatic heterocycles. The zero-order chi connectivity index (χ0) is 10.7. The Hall–Kier alpha value is -1.28. The Morgan fingerprint density at radius 2 is 2.13 bits per heavy atom. The van der Waals surface area contributed by atoms with Gasteiger partial charge in [-0.25, -0.2) is 0 Å². The fraction of sp³-hybridized carbons (Fsp3) is 0.385. The van der Waals surface area contributed by atoms with Crippen LogP contribution in [0.2, 0.25) is 0 Å². The van der Waals surface area contributed by atoms with Gasteiger partial charge in [0.05, 0.1) is 6.26 Å². The predicted molar refractivity (Wildman–Crippen MR) is 63.1 cm³/mol. The number of benzene rings is 1. The molecule has 2 rings (SSSR count). The van der Waals surface area contributed by atoms with E-state index < -0.39 is 0 Å². The Labute approximate surface area is 90.3 Å². The monoisotopic (exact) mass is 203 g/mol. The van der Waals surface area contributed by atoms with Crippen molar-refractivity contribution in [2.24, 2.45) is 0 Å². The normalized spacial score (nSPS) is 13.2. The summed E-state index contributed by atoms with van der Waals surface area (Å²) in [6.07, 6.45) is 2.89. The summed E-state index contributed by atoms with van der Waals surface area (Å²) in [6.45, 7) is 5.34. The summed E-state index contributed by atoms with van der Waals surface area (Å²) in [6, 6.07) is 8.68. The molecule has 2 nitrogen and oxygen atoms in total. The van der Waals surface area contributed by atoms with Crippen LogP contribution in [0, 0.1) is 0 Å². The van der Waals surface area contributed by atoms with Crippen LogP contribution < -0.4 is 5.32 Å². The zero-order valence-electron chi connectivity index (χ0n) is 9.29. The summed E-state index contributed by atoms with van der Waals surface area (Å²) in [5.41, 5.74) is 2.27. The van der Waals surface area contributed by atoms with Gasteiger partial charge < -0.3 is 9.73 Å². The minimum Gasteiger partial charge on any atom is -0.464 e. The minimum atomic E-state index is 0.496. The lowest BCUT2D eigenvalue weighted by Crippen LogP contribution is -2.27. The molecule has 0 bridgehead atoms. The van der Waals surface area contributed by atoms with E-state index in [0.29, 0.717) is 6.04 Å². The van der Waals surface area contributed by atoms with Crippen molar-refractivity contribution in [3.8, 4) is 0 Å². The molecule has 1 atom stereocenters. The Balaban J connectivity index is 2.21. The maximum atomic E-state index is 5.50. The Kier molecular flexibility index (Phi) is 3.07. The summed E-state index contributed by atoms with van der Waals surface area (Å²) in [5, 5.41) is 4.64. The molecule has 0 aliphatic carbocycles. The molecule has 1 heterocycles. The van der Waals surface area contributed by atoms with E-state index in [2.05, 4.69) is 31.3 Å². The molecule has 0 fully saturated rings. The third-order valence-electron chi connectivity index (χ3n) is 2.64. The third-order valence-corrected chi connectivity index (χ3v) is 2.64. The largest absolute Gasteiger partial charge is 0.464 e. The van der Waals surface area contributed by atoms with Crippen molar-refractivity contribution in [1.29, 1.82) is 0 Å². The predicted octanol–water partition coefficient (Wildman–Crippen LogP) is 2.97. The third kappa shape index (κ3) is 2.21. The van der Waals surface area contributed by atoms with Gasteiger partial charge in [-0.2, -0.15) is 0 Å². The van der Waals surface area contributed by atoms with E-state index in [4.69, 9.17) is 4.42 Å². The van der Waals surface area contributed by atoms with Gasteiger partial charge in [0, 0.05) is 11.4 Å². The lowest BCUT2D eigenvalue weighted by Gasteiger charge is -2.10. The summed E-state index contributed by atoms with van der Waals surface area (Å²) < 4.78 is 5.50. The van der Waals surface area contributed by atoms with Gasteiger partial charge in [-0.1, -0.05) is 25.1 Å². The molecule has 0 spiro atoms. The quantitative estimate of drug-likeness (QED) is 0.826. The number of likely N-dealkylation sites (N-methyl/N-ethyl adjacent to an activating group) is 1. The summed E-state index contributed by atoms with van der Waals surface area (Å²) >= 11 is 0. The van der Waals surface area contributed by atoms with Crippen LogP contribution >= 0.6 is 0 Å². The van der Waals surface area contributed by atoms with Crippen molar-refractivity contribution in [3.63, 3.8) is 0 Å². The number of furan rings is 1. The Morgan fingerprint density at radius 3 is 2.93 bits per heavy atom. The van der Waals surface area contributed by atoms with Gasteiger partial charge in [-0.15, -0.1) is 0 Å². The molecule has 1 aromatic heterocycles. The molecule has 0 saturated heterocycles. The van der Waals surface area contributed by atoms with Crippen LogP contribution in [-0.4, -0.2) is 12.6 Å². The standard InChI is InChI=1S/C13H17NO/c1-3-14-10(2)8-11-9-15-13-7-5-4-6-12(11)13/h4-7,9-10,14H,3,8H2,1-2H3. The van der Waals surface area contributed by atoms with Crippen molar-refractivity contribution in [3.05, 3.63) is 36.1 Å². The molecule has 1 N–H and O–H groups in total. The van der Waals surface area contributed by atoms with Crippen molar-refractivity contribution in [1.82, 2.24) is 5.32 Å². The maximum absolute atomic E-state index is 5.50. The molecular weight excluding hydrogens is 186 g/mol. The van der Waals surface area contributed by atoms with Gasteiger partial charge in [0.1, 0.15) is 5.58 Å². The van der Waals surface area contributed by atoms with Crippen LogP contribution in [-0.2, 0) is 6.42 Å². The van der Waals surface area contributed by atoms with E-state index in [9.17, 15) is 0 Å². The first-order chi connectivity index (χ1) is 7.31. The second-order valence-electron chi connectivity index (χ2n) is 3.92. The SMILES string of the molecule is CCNC(C)Cc1coc2ccccc12. The van der Waals surface area contributed by atoms with E-state index in [1.165, 1.54) is 10.9 Å². The molecule has 2 heteroatoms. The molecule has 1 aromatic carbocycles. The number of hydrogen-bond acceptors (Lipinski definition) is 2. The highest BCUT2D eigenvalue weighted by Crippen LogP contribution is 2.21. The second-order valence-corrected chi connectivity index (χ2v) is 3.92. The van der Waals surface area contributed by atoms with Gasteiger partial charge in [-0.3, -0.25) is 0 Å². The first kappa shape index (κ1) is 10.2. The molecule has 0 saturated carbocycles. The number of hydrogen-bond donors (Lipinski definition) is 1. The van der Waals surface area contributed by atoms with Crippen LogP contribution in [0.1, 0.15) is 19.4 Å². The van der Waals surface area contributed by atoms with Crippen LogP contribution in [0.5, 0.6) is 0 Å². The van der Waals surface area contributed by atoms with Crippen LogP contribution in [0.15, 0.2) is 34.9 Å². The van der Waals surface area contributed by atoms with E-state index >= 15 is 0 Å². The molecule has 0 aliphatic rings. The van der Waals surface area contributed by atoms with E-state index in [1.54, 1.807) is 0 Å². The van der Waals surface area contributed by atoms with Crippen molar-refractivity contribution < 1.29 is 4.42 Å². The van der Waals surface area contributed by atoms with Crippen molar-refractivity contribution >= 4 is 11.0 Å². The summed E-state index contributed by atoms with van der Waals surface area (Å²) in [4.78, 5) is 0. The van der Waals surface area contributed by atoms with Gasteiger partial charge in [0.2, 0.25) is 0 Å². The van der Waals surface area contributed by atoms with E-state index in [-0.39, 0.29) is 0 Å². The van der Waals surface area contributed by atoms with Crippen LogP contribution in [0.25, 0.3) is 11.0 Å². The molecule has 0 amide bonds. The second kappa shape index (κ2) is 4.49. The van der Waals surface area contributed by atoms with E-state index in [1.807, 2.05) is 18.4 Å². The van der Waals surface area contributed by atoms with Crippen LogP contribution in [0.4, 0.5) is 0 Å². The summed E-state index contributed by atoms with van der Waals surface area (Å²) in [5.74, 6) is 0. The van der Waals surface area contributed by atoms with Gasteiger partial charge in [0.25, 0.3) is 0 Å². The molecular formula is C13H17NO. The zero-order valence-corrected chi connectivity index (χ0v) is 9.29. The first-order valence-corrected chi connectivity index (χ1v) is 5.49. The number of rotatable bonds is 4. The summed E-state index contributed by atoms with van der Waals surface area (Å²) in [7, 11) is 0. The minimum absolute atomic E-state index is 0.496. The molecule has 80 valence electrons. The lowest BCUT2D eigenvalue weighted by molar-refractivity contribution is 0.556. The number of fused-ring (bicyclic) bond motifs is 1. The molecule has 15 heavy (non-hydrogen) atoms. The maximum Gasteiger partial charge on any atom is 0.134 e. The highest BCUT2D eigenvalue weighted by molar-refractivity contribution is 5.80. The fourth-order valence-electron chi connectivity index (χ4n) is 1.94. The van der Waals surface area contributed by atoms with Gasteiger partial charge in [-0.05, 0) is 31.5 Å². The topological polar surface area (TPSA) is 25.2 Å². The molecule has 2 aromatic rings. The lowest BCUT2D eigenvalue weighted by atomic mass is 10.1. The van der Waals surface area contributed by atoms with E-state index in [0.717, 1.165) is 18.5 Å². The fourth-order valence-corrected chi connectivity index (χ4v) is 1.94. The van der Waals surface area contributed by atoms with Gasteiger partial charge >= 0.3 is 0 Å². The molecule has 1 unspecified atom stereocenters. The smallest absolute Gasteiger partial charge is 0.134 e. The highest BCUT2D eigenvalue weighted by atomic mass is 16.3. The molecule has 0 radical (unpaired) electrons. The van der Waals surface area contributed by atoms with Crippen LogP contribution in [0.3, 0.4) is 0 Å². The first-order valence-electron chi connectivity index (χ1n) is 5.49. The number of para-hydroxylation sites is 1. The highest BCUT2D eigenvalue weighted by Gasteiger charge is 2.08. The van der Waals surface area contributed by atoms with Crippen molar-refractivity contribution in [2.45, 2.75) is 26.3 Å². The average Bonchev–Trinajstić information content (AvgIpc) is 2.62. The Bertz CT molecular complexity index is 433. The Morgan fingerprint density at radius 1 is 1.33 bits per heavy atom. The average molecular weight is 203 g/mol. The van der Waals surface area contributed by atoms with Gasteiger partial charge in [0.15, 0.2) is 0 Å². The number of nitrogens with one attached hydrogen (secondary N) is 1. The van der Waals surface area contributed by atoms with Crippen molar-refractivity contribution in [2.75, 3.05) is 6.54 Å².